The summed E-state index contributed by atoms with van der Waals surface area (Å²) in [6.45, 7) is 0. The summed E-state index contributed by atoms with van der Waals surface area (Å²) < 4.78 is 24.2. The summed E-state index contributed by atoms with van der Waals surface area (Å²) in [5.74, 6) is -1.02. The Hall–Kier alpha value is -3.21. The number of ether oxygens (including phenoxy) is 1. The van der Waals surface area contributed by atoms with Crippen LogP contribution in [0, 0.1) is 5.82 Å². The summed E-state index contributed by atoms with van der Waals surface area (Å²) in [5, 5.41) is 1.07. The fraction of sp³-hybridized carbons (Fsp3) is 0.0526. The number of esters is 1. The maximum atomic E-state index is 14.4. The van der Waals surface area contributed by atoms with Crippen LogP contribution in [0.25, 0.3) is 28.2 Å². The SMILES string of the molecule is COC(=O)/C=C/c1cccc(F)c1-c1cc2ccccc2c(=O)o1. The minimum absolute atomic E-state index is 0.0984. The van der Waals surface area contributed by atoms with E-state index >= 15 is 0 Å². The van der Waals surface area contributed by atoms with Crippen LogP contribution in [0.15, 0.2) is 63.8 Å². The molecule has 0 N–H and O–H groups in total. The van der Waals surface area contributed by atoms with Gasteiger partial charge in [-0.2, -0.15) is 0 Å². The number of methoxy groups -OCH3 is 1. The third kappa shape index (κ3) is 2.96. The van der Waals surface area contributed by atoms with Gasteiger partial charge in [-0.3, -0.25) is 0 Å². The van der Waals surface area contributed by atoms with Crippen molar-refractivity contribution in [2.75, 3.05) is 7.11 Å². The quantitative estimate of drug-likeness (QED) is 0.543. The van der Waals surface area contributed by atoms with Crippen molar-refractivity contribution in [1.29, 1.82) is 0 Å². The fourth-order valence-corrected chi connectivity index (χ4v) is 2.42. The molecule has 0 unspecified atom stereocenters. The number of hydrogen-bond acceptors (Lipinski definition) is 4. The molecule has 3 aromatic rings. The Morgan fingerprint density at radius 1 is 1.17 bits per heavy atom. The van der Waals surface area contributed by atoms with E-state index in [1.165, 1.54) is 31.4 Å². The molecule has 0 bridgehead atoms. The number of fused-ring (bicyclic) bond motifs is 1. The maximum Gasteiger partial charge on any atom is 0.344 e. The molecule has 4 nitrogen and oxygen atoms in total. The Morgan fingerprint density at radius 3 is 2.75 bits per heavy atom. The Morgan fingerprint density at radius 2 is 1.96 bits per heavy atom. The molecule has 5 heteroatoms. The third-order valence-electron chi connectivity index (χ3n) is 3.56. The van der Waals surface area contributed by atoms with Gasteiger partial charge < -0.3 is 9.15 Å². The highest BCUT2D eigenvalue weighted by Gasteiger charge is 2.14. The number of hydrogen-bond donors (Lipinski definition) is 0. The first-order valence-corrected chi connectivity index (χ1v) is 7.18. The highest BCUT2D eigenvalue weighted by Crippen LogP contribution is 2.29. The highest BCUT2D eigenvalue weighted by atomic mass is 19.1. The molecule has 24 heavy (non-hydrogen) atoms. The van der Waals surface area contributed by atoms with Gasteiger partial charge in [0, 0.05) is 6.08 Å². The molecule has 0 radical (unpaired) electrons. The summed E-state index contributed by atoms with van der Waals surface area (Å²) in [6.07, 6.45) is 2.59. The van der Waals surface area contributed by atoms with Crippen LogP contribution in [0.2, 0.25) is 0 Å². The number of rotatable bonds is 3. The Kier molecular flexibility index (Phi) is 4.24. The van der Waals surface area contributed by atoms with Gasteiger partial charge in [0.05, 0.1) is 18.1 Å². The summed E-state index contributed by atoms with van der Waals surface area (Å²) in [4.78, 5) is 23.4. The second-order valence-electron chi connectivity index (χ2n) is 5.05. The summed E-state index contributed by atoms with van der Waals surface area (Å²) in [5.41, 5.74) is -0.0337. The number of carbonyl (C=O) groups is 1. The van der Waals surface area contributed by atoms with Crippen molar-refractivity contribution in [2.24, 2.45) is 0 Å². The van der Waals surface area contributed by atoms with Gasteiger partial charge in [-0.05, 0) is 35.2 Å². The van der Waals surface area contributed by atoms with Gasteiger partial charge in [-0.15, -0.1) is 0 Å². The molecule has 1 aromatic heterocycles. The normalized spacial score (nSPS) is 11.1. The standard InChI is InChI=1S/C19H13FO4/c1-23-17(21)10-9-12-6-4-8-15(20)18(12)16-11-13-5-2-3-7-14(13)19(22)24-16/h2-11H,1H3/b10-9+. The third-order valence-corrected chi connectivity index (χ3v) is 3.56. The summed E-state index contributed by atoms with van der Waals surface area (Å²) in [6, 6.07) is 12.9. The minimum atomic E-state index is -0.565. The fourth-order valence-electron chi connectivity index (χ4n) is 2.42. The van der Waals surface area contributed by atoms with E-state index in [9.17, 15) is 14.0 Å². The second-order valence-corrected chi connectivity index (χ2v) is 5.05. The van der Waals surface area contributed by atoms with Crippen molar-refractivity contribution >= 4 is 22.8 Å². The molecule has 0 saturated carbocycles. The van der Waals surface area contributed by atoms with Crippen molar-refractivity contribution in [3.05, 3.63) is 76.4 Å². The predicted octanol–water partition coefficient (Wildman–Crippen LogP) is 3.79. The van der Waals surface area contributed by atoms with Crippen LogP contribution in [0.5, 0.6) is 0 Å². The zero-order valence-corrected chi connectivity index (χ0v) is 12.8. The Bertz CT molecular complexity index is 1000. The van der Waals surface area contributed by atoms with Crippen LogP contribution in [-0.2, 0) is 9.53 Å². The largest absolute Gasteiger partial charge is 0.466 e. The van der Waals surface area contributed by atoms with Gasteiger partial charge >= 0.3 is 11.6 Å². The average molecular weight is 324 g/mol. The average Bonchev–Trinajstić information content (AvgIpc) is 2.59. The molecule has 0 saturated heterocycles. The van der Waals surface area contributed by atoms with Gasteiger partial charge in [0.15, 0.2) is 0 Å². The molecule has 2 aromatic carbocycles. The van der Waals surface area contributed by atoms with Gasteiger partial charge in [-0.1, -0.05) is 30.3 Å². The van der Waals surface area contributed by atoms with Crippen LogP contribution in [0.3, 0.4) is 0 Å². The highest BCUT2D eigenvalue weighted by molar-refractivity contribution is 5.90. The Balaban J connectivity index is 2.21. The maximum absolute atomic E-state index is 14.4. The molecule has 0 spiro atoms. The molecular weight excluding hydrogens is 311 g/mol. The lowest BCUT2D eigenvalue weighted by Crippen LogP contribution is -2.01. The van der Waals surface area contributed by atoms with E-state index in [0.717, 1.165) is 0 Å². The van der Waals surface area contributed by atoms with E-state index in [4.69, 9.17) is 4.42 Å². The van der Waals surface area contributed by atoms with Crippen LogP contribution >= 0.6 is 0 Å². The van der Waals surface area contributed by atoms with E-state index in [1.54, 1.807) is 36.4 Å². The molecule has 0 aliphatic heterocycles. The lowest BCUT2D eigenvalue weighted by molar-refractivity contribution is -0.134. The topological polar surface area (TPSA) is 56.5 Å². The lowest BCUT2D eigenvalue weighted by Gasteiger charge is -2.07. The summed E-state index contributed by atoms with van der Waals surface area (Å²) >= 11 is 0. The van der Waals surface area contributed by atoms with E-state index < -0.39 is 17.4 Å². The van der Waals surface area contributed by atoms with E-state index in [0.29, 0.717) is 16.3 Å². The van der Waals surface area contributed by atoms with Crippen molar-refractivity contribution < 1.29 is 18.3 Å². The van der Waals surface area contributed by atoms with Crippen LogP contribution in [-0.4, -0.2) is 13.1 Å². The first-order valence-electron chi connectivity index (χ1n) is 7.18. The number of carbonyl (C=O) groups excluding carboxylic acids is 1. The monoisotopic (exact) mass is 324 g/mol. The first kappa shape index (κ1) is 15.7. The van der Waals surface area contributed by atoms with Crippen LogP contribution in [0.4, 0.5) is 4.39 Å². The van der Waals surface area contributed by atoms with E-state index in [2.05, 4.69) is 4.74 Å². The molecule has 0 atom stereocenters. The van der Waals surface area contributed by atoms with E-state index in [-0.39, 0.29) is 11.3 Å². The molecular formula is C19H13FO4. The van der Waals surface area contributed by atoms with Gasteiger partial charge in [0.1, 0.15) is 11.6 Å². The van der Waals surface area contributed by atoms with Crippen molar-refractivity contribution in [3.8, 4) is 11.3 Å². The van der Waals surface area contributed by atoms with E-state index in [1.807, 2.05) is 0 Å². The second kappa shape index (κ2) is 6.50. The first-order chi connectivity index (χ1) is 11.6. The van der Waals surface area contributed by atoms with Crippen molar-refractivity contribution in [3.63, 3.8) is 0 Å². The molecule has 0 fully saturated rings. The molecule has 120 valence electrons. The van der Waals surface area contributed by atoms with Gasteiger partial charge in [0.2, 0.25) is 0 Å². The smallest absolute Gasteiger partial charge is 0.344 e. The van der Waals surface area contributed by atoms with Crippen molar-refractivity contribution in [2.45, 2.75) is 0 Å². The van der Waals surface area contributed by atoms with Crippen molar-refractivity contribution in [1.82, 2.24) is 0 Å². The summed E-state index contributed by atoms with van der Waals surface area (Å²) in [7, 11) is 1.25. The molecule has 0 aliphatic carbocycles. The Labute approximate surface area is 136 Å². The minimum Gasteiger partial charge on any atom is -0.466 e. The zero-order valence-electron chi connectivity index (χ0n) is 12.8. The lowest BCUT2D eigenvalue weighted by atomic mass is 10.0. The number of benzene rings is 2. The van der Waals surface area contributed by atoms with Gasteiger partial charge in [0.25, 0.3) is 0 Å². The molecule has 3 rings (SSSR count). The number of halogens is 1. The van der Waals surface area contributed by atoms with Crippen LogP contribution in [0.1, 0.15) is 5.56 Å². The molecule has 0 amide bonds. The molecule has 0 aliphatic rings. The predicted molar refractivity (Wildman–Crippen MR) is 88.9 cm³/mol. The molecule has 1 heterocycles. The van der Waals surface area contributed by atoms with Crippen LogP contribution < -0.4 is 5.63 Å². The zero-order chi connectivity index (χ0) is 17.1. The van der Waals surface area contributed by atoms with Gasteiger partial charge in [-0.25, -0.2) is 14.0 Å².